The van der Waals surface area contributed by atoms with Crippen molar-refractivity contribution in [3.05, 3.63) is 76.7 Å². The first-order valence-electron chi connectivity index (χ1n) is 14.9. The predicted octanol–water partition coefficient (Wildman–Crippen LogP) is 7.16. The molecule has 3 heterocycles. The van der Waals surface area contributed by atoms with E-state index in [9.17, 15) is 9.90 Å². The number of likely N-dealkylation sites (tertiary alicyclic amines) is 1. The summed E-state index contributed by atoms with van der Waals surface area (Å²) in [5.74, 6) is 0.111. The van der Waals surface area contributed by atoms with Crippen molar-refractivity contribution < 1.29 is 23.8 Å². The molecule has 0 bridgehead atoms. The van der Waals surface area contributed by atoms with Crippen LogP contribution in [0.15, 0.2) is 48.7 Å². The number of hydrogen-bond donors (Lipinski definition) is 1. The van der Waals surface area contributed by atoms with Crippen LogP contribution in [-0.4, -0.2) is 40.7 Å². The molecule has 6 rings (SSSR count). The lowest BCUT2D eigenvalue weighted by atomic mass is 9.82. The third-order valence-corrected chi connectivity index (χ3v) is 9.37. The number of pyridine rings is 1. The number of hydrogen-bond acceptors (Lipinski definition) is 5. The molecule has 2 aromatic carbocycles. The van der Waals surface area contributed by atoms with Gasteiger partial charge in [0.2, 0.25) is 5.88 Å². The molecule has 0 radical (unpaired) electrons. The third kappa shape index (κ3) is 5.69. The lowest BCUT2D eigenvalue weighted by molar-refractivity contribution is -0.142. The van der Waals surface area contributed by atoms with Crippen LogP contribution in [0.3, 0.4) is 0 Å². The molecule has 1 saturated heterocycles. The van der Waals surface area contributed by atoms with Gasteiger partial charge in [-0.1, -0.05) is 37.3 Å². The van der Waals surface area contributed by atoms with Crippen LogP contribution in [-0.2, 0) is 17.8 Å². The number of halogens is 1. The Bertz CT molecular complexity index is 1440. The van der Waals surface area contributed by atoms with Gasteiger partial charge in [0.15, 0.2) is 0 Å². The summed E-state index contributed by atoms with van der Waals surface area (Å²) in [6.07, 6.45) is 7.33. The van der Waals surface area contributed by atoms with Crippen molar-refractivity contribution in [3.8, 4) is 22.8 Å². The normalized spacial score (nSPS) is 22.0. The number of aryl methyl sites for hydroxylation is 1. The first-order chi connectivity index (χ1) is 19.8. The highest BCUT2D eigenvalue weighted by Gasteiger charge is 2.39. The maximum absolute atomic E-state index is 15.1. The van der Waals surface area contributed by atoms with E-state index in [1.807, 2.05) is 13.0 Å². The van der Waals surface area contributed by atoms with Gasteiger partial charge in [-0.3, -0.25) is 9.69 Å². The molecule has 1 aliphatic carbocycles. The van der Waals surface area contributed by atoms with Crippen molar-refractivity contribution in [1.82, 2.24) is 9.88 Å². The molecular weight excluding hydrogens is 519 g/mol. The van der Waals surface area contributed by atoms with Gasteiger partial charge < -0.3 is 14.6 Å². The number of aliphatic carboxylic acids is 1. The Hall–Kier alpha value is -3.45. The van der Waals surface area contributed by atoms with Crippen molar-refractivity contribution in [2.24, 2.45) is 11.8 Å². The highest BCUT2D eigenvalue weighted by atomic mass is 19.1. The number of methoxy groups -OCH3 is 1. The van der Waals surface area contributed by atoms with Crippen LogP contribution in [0.2, 0.25) is 0 Å². The van der Waals surface area contributed by atoms with E-state index < -0.39 is 11.9 Å². The summed E-state index contributed by atoms with van der Waals surface area (Å²) in [4.78, 5) is 18.4. The third-order valence-electron chi connectivity index (χ3n) is 9.37. The molecule has 4 atom stereocenters. The fourth-order valence-corrected chi connectivity index (χ4v) is 6.80. The van der Waals surface area contributed by atoms with Gasteiger partial charge in [0.1, 0.15) is 17.7 Å². The number of carbonyl (C=O) groups is 1. The maximum atomic E-state index is 15.1. The van der Waals surface area contributed by atoms with Crippen molar-refractivity contribution in [1.29, 1.82) is 0 Å². The standard InChI is InChI=1S/C34H39FN2O4/c1-20-5-4-14-37(20)19-26-15-24(10-12-27(26)28-17-32(40-3)36-18-29(28)35)30-13-11-22-6-9-25(16-31(22)41-30)33(23-7-8-23)21(2)34(38)39/h6,9-10,12,15-18,20-21,23,30,33H,4-5,7-8,11,13-14,19H2,1-3H3,(H,38,39)/t20-,21-,30?,33?/m0/s1. The maximum Gasteiger partial charge on any atom is 0.306 e. The molecule has 41 heavy (non-hydrogen) atoms. The summed E-state index contributed by atoms with van der Waals surface area (Å²) in [6, 6.07) is 14.7. The Kier molecular flexibility index (Phi) is 7.73. The van der Waals surface area contributed by atoms with E-state index in [1.165, 1.54) is 19.0 Å². The van der Waals surface area contributed by atoms with E-state index in [4.69, 9.17) is 9.47 Å². The molecule has 2 aliphatic heterocycles. The SMILES string of the molecule is COc1cc(-c2ccc(C3CCc4ccc(C(C5CC5)[C@H](C)C(=O)O)cc4O3)cc2CN2CCC[C@@H]2C)c(F)cn1. The second-order valence-corrected chi connectivity index (χ2v) is 12.1. The molecule has 3 aromatic rings. The van der Waals surface area contributed by atoms with Crippen molar-refractivity contribution in [2.75, 3.05) is 13.7 Å². The van der Waals surface area contributed by atoms with Gasteiger partial charge in [-0.15, -0.1) is 0 Å². The molecule has 1 aromatic heterocycles. The summed E-state index contributed by atoms with van der Waals surface area (Å²) in [5.41, 5.74) is 5.70. The number of benzene rings is 2. The fraction of sp³-hybridized carbons (Fsp3) is 0.471. The van der Waals surface area contributed by atoms with E-state index in [2.05, 4.69) is 47.1 Å². The number of carboxylic acids is 1. The van der Waals surface area contributed by atoms with Crippen LogP contribution >= 0.6 is 0 Å². The highest BCUT2D eigenvalue weighted by molar-refractivity contribution is 5.71. The zero-order valence-electron chi connectivity index (χ0n) is 24.1. The van der Waals surface area contributed by atoms with E-state index in [-0.39, 0.29) is 17.8 Å². The Morgan fingerprint density at radius 1 is 1.15 bits per heavy atom. The van der Waals surface area contributed by atoms with E-state index in [1.54, 1.807) is 13.2 Å². The minimum absolute atomic E-state index is 0.00219. The lowest BCUT2D eigenvalue weighted by Crippen LogP contribution is -2.26. The number of ether oxygens (including phenoxy) is 2. The Morgan fingerprint density at radius 3 is 2.68 bits per heavy atom. The van der Waals surface area contributed by atoms with Crippen LogP contribution < -0.4 is 9.47 Å². The summed E-state index contributed by atoms with van der Waals surface area (Å²) in [5, 5.41) is 9.75. The number of rotatable bonds is 9. The molecule has 7 heteroatoms. The first-order valence-corrected chi connectivity index (χ1v) is 14.9. The second-order valence-electron chi connectivity index (χ2n) is 12.1. The van der Waals surface area contributed by atoms with Gasteiger partial charge in [0.25, 0.3) is 0 Å². The zero-order valence-corrected chi connectivity index (χ0v) is 24.1. The fourth-order valence-electron chi connectivity index (χ4n) is 6.80. The number of fused-ring (bicyclic) bond motifs is 1. The molecule has 6 nitrogen and oxygen atoms in total. The van der Waals surface area contributed by atoms with Crippen molar-refractivity contribution >= 4 is 5.97 Å². The minimum atomic E-state index is -0.749. The van der Waals surface area contributed by atoms with E-state index in [0.29, 0.717) is 23.4 Å². The quantitative estimate of drug-likeness (QED) is 0.300. The average Bonchev–Trinajstić information content (AvgIpc) is 3.73. The summed E-state index contributed by atoms with van der Waals surface area (Å²) in [7, 11) is 1.54. The van der Waals surface area contributed by atoms with E-state index in [0.717, 1.165) is 72.3 Å². The molecule has 0 spiro atoms. The molecular formula is C34H39FN2O4. The second kappa shape index (κ2) is 11.4. The molecule has 0 amide bonds. The van der Waals surface area contributed by atoms with E-state index >= 15 is 4.39 Å². The molecule has 2 fully saturated rings. The Labute approximate surface area is 241 Å². The summed E-state index contributed by atoms with van der Waals surface area (Å²) < 4.78 is 27.0. The minimum Gasteiger partial charge on any atom is -0.485 e. The van der Waals surface area contributed by atoms with Crippen LogP contribution in [0.1, 0.15) is 80.2 Å². The highest BCUT2D eigenvalue weighted by Crippen LogP contribution is 2.48. The summed E-state index contributed by atoms with van der Waals surface area (Å²) >= 11 is 0. The van der Waals surface area contributed by atoms with Gasteiger partial charge in [-0.25, -0.2) is 9.37 Å². The van der Waals surface area contributed by atoms with Gasteiger partial charge in [0, 0.05) is 24.2 Å². The Balaban J connectivity index is 1.32. The predicted molar refractivity (Wildman–Crippen MR) is 156 cm³/mol. The molecule has 1 saturated carbocycles. The van der Waals surface area contributed by atoms with Crippen molar-refractivity contribution in [3.63, 3.8) is 0 Å². The smallest absolute Gasteiger partial charge is 0.306 e. The van der Waals surface area contributed by atoms with Gasteiger partial charge in [-0.05, 0) is 97.7 Å². The number of aromatic nitrogens is 1. The lowest BCUT2D eigenvalue weighted by Gasteiger charge is -2.30. The Morgan fingerprint density at radius 2 is 1.98 bits per heavy atom. The van der Waals surface area contributed by atoms with Crippen molar-refractivity contribution in [2.45, 2.75) is 77.0 Å². The van der Waals surface area contributed by atoms with Crippen LogP contribution in [0.4, 0.5) is 4.39 Å². The van der Waals surface area contributed by atoms with Crippen LogP contribution in [0.5, 0.6) is 11.6 Å². The van der Waals surface area contributed by atoms with Gasteiger partial charge in [-0.2, -0.15) is 0 Å². The molecule has 3 aliphatic rings. The zero-order chi connectivity index (χ0) is 28.7. The largest absolute Gasteiger partial charge is 0.485 e. The first kappa shape index (κ1) is 27.7. The average molecular weight is 559 g/mol. The monoisotopic (exact) mass is 558 g/mol. The topological polar surface area (TPSA) is 71.9 Å². The molecule has 1 N–H and O–H groups in total. The summed E-state index contributed by atoms with van der Waals surface area (Å²) in [6.45, 7) is 5.84. The number of carboxylic acid groups (broad SMARTS) is 1. The van der Waals surface area contributed by atoms with Crippen LogP contribution in [0, 0.1) is 17.7 Å². The number of nitrogens with zero attached hydrogens (tertiary/aromatic N) is 2. The van der Waals surface area contributed by atoms with Crippen LogP contribution in [0.25, 0.3) is 11.1 Å². The van der Waals surface area contributed by atoms with Gasteiger partial charge >= 0.3 is 5.97 Å². The molecule has 2 unspecified atom stereocenters. The van der Waals surface area contributed by atoms with Gasteiger partial charge in [0.05, 0.1) is 19.2 Å². The molecule has 216 valence electrons.